The Kier molecular flexibility index (Phi) is 6.20. The fourth-order valence-electron chi connectivity index (χ4n) is 4.25. The number of nitrogens with one attached hydrogen (secondary N) is 2. The first-order chi connectivity index (χ1) is 16.1. The van der Waals surface area contributed by atoms with Gasteiger partial charge in [-0.2, -0.15) is 0 Å². The van der Waals surface area contributed by atoms with E-state index >= 15 is 0 Å². The fraction of sp³-hybridized carbons (Fsp3) is 0.440. The molecule has 8 heteroatoms. The molecule has 1 saturated carbocycles. The summed E-state index contributed by atoms with van der Waals surface area (Å²) in [7, 11) is 0. The van der Waals surface area contributed by atoms with Crippen LogP contribution in [0.3, 0.4) is 0 Å². The number of ether oxygens (including phenoxy) is 4. The van der Waals surface area contributed by atoms with E-state index in [1.807, 2.05) is 31.2 Å². The summed E-state index contributed by atoms with van der Waals surface area (Å²) in [5, 5.41) is 6.05. The van der Waals surface area contributed by atoms with Crippen molar-refractivity contribution in [3.8, 4) is 17.2 Å². The number of fused-ring (bicyclic) bond motifs is 1. The normalized spacial score (nSPS) is 25.8. The second-order valence-electron chi connectivity index (χ2n) is 8.60. The van der Waals surface area contributed by atoms with Gasteiger partial charge in [0.25, 0.3) is 5.91 Å². The largest absolute Gasteiger partial charge is 0.494 e. The van der Waals surface area contributed by atoms with Crippen LogP contribution in [0.5, 0.6) is 17.2 Å². The molecule has 0 spiro atoms. The third kappa shape index (κ3) is 4.96. The Labute approximate surface area is 192 Å². The van der Waals surface area contributed by atoms with E-state index in [-0.39, 0.29) is 42.0 Å². The molecule has 4 unspecified atom stereocenters. The Morgan fingerprint density at radius 2 is 1.58 bits per heavy atom. The van der Waals surface area contributed by atoms with E-state index in [0.29, 0.717) is 36.9 Å². The highest BCUT2D eigenvalue weighted by Crippen LogP contribution is 2.32. The highest BCUT2D eigenvalue weighted by atomic mass is 16.6. The lowest BCUT2D eigenvalue weighted by molar-refractivity contribution is -0.123. The summed E-state index contributed by atoms with van der Waals surface area (Å²) in [5.74, 6) is 1.98. The van der Waals surface area contributed by atoms with Crippen molar-refractivity contribution in [2.24, 2.45) is 5.92 Å². The van der Waals surface area contributed by atoms with Gasteiger partial charge in [-0.3, -0.25) is 9.59 Å². The quantitative estimate of drug-likeness (QED) is 0.640. The molecule has 2 saturated heterocycles. The van der Waals surface area contributed by atoms with Crippen LogP contribution < -0.4 is 20.1 Å². The predicted octanol–water partition coefficient (Wildman–Crippen LogP) is 2.67. The van der Waals surface area contributed by atoms with Gasteiger partial charge in [0.05, 0.1) is 31.9 Å². The lowest BCUT2D eigenvalue weighted by Gasteiger charge is -2.18. The zero-order valence-corrected chi connectivity index (χ0v) is 18.5. The summed E-state index contributed by atoms with van der Waals surface area (Å²) in [6.45, 7) is 3.28. The maximum absolute atomic E-state index is 12.9. The molecular formula is C25H28N2O6. The third-order valence-corrected chi connectivity index (χ3v) is 6.11. The summed E-state index contributed by atoms with van der Waals surface area (Å²) in [6.07, 6.45) is 1.39. The van der Waals surface area contributed by atoms with Crippen LogP contribution in [0.4, 0.5) is 0 Å². The third-order valence-electron chi connectivity index (χ3n) is 6.11. The summed E-state index contributed by atoms with van der Waals surface area (Å²) in [4.78, 5) is 25.0. The molecule has 4 atom stereocenters. The molecule has 2 aromatic rings. The highest BCUT2D eigenvalue weighted by molar-refractivity contribution is 5.94. The second-order valence-corrected chi connectivity index (χ2v) is 8.60. The molecule has 3 fully saturated rings. The molecule has 8 nitrogen and oxygen atoms in total. The van der Waals surface area contributed by atoms with Gasteiger partial charge in [-0.25, -0.2) is 0 Å². The van der Waals surface area contributed by atoms with E-state index in [1.54, 1.807) is 24.3 Å². The Morgan fingerprint density at radius 1 is 0.909 bits per heavy atom. The summed E-state index contributed by atoms with van der Waals surface area (Å²) >= 11 is 0. The van der Waals surface area contributed by atoms with Gasteiger partial charge in [0.2, 0.25) is 5.91 Å². The van der Waals surface area contributed by atoms with E-state index in [1.165, 1.54) is 0 Å². The number of hydrogen-bond donors (Lipinski definition) is 2. The van der Waals surface area contributed by atoms with Crippen LogP contribution in [-0.2, 0) is 14.3 Å². The molecule has 0 radical (unpaired) electrons. The minimum atomic E-state index is -0.277. The SMILES string of the molecule is CCOc1ccc(Oc2cccc(C(=O)NC3COC4C(NC(=O)C5CC5)COC34)c2)cc1. The van der Waals surface area contributed by atoms with Crippen LogP contribution in [0.2, 0.25) is 0 Å². The lowest BCUT2D eigenvalue weighted by Crippen LogP contribution is -2.47. The van der Waals surface area contributed by atoms with E-state index in [9.17, 15) is 9.59 Å². The van der Waals surface area contributed by atoms with Gasteiger partial charge in [0.15, 0.2) is 0 Å². The molecule has 1 aliphatic carbocycles. The average molecular weight is 453 g/mol. The van der Waals surface area contributed by atoms with Crippen LogP contribution >= 0.6 is 0 Å². The van der Waals surface area contributed by atoms with Crippen LogP contribution in [0.15, 0.2) is 48.5 Å². The molecule has 2 N–H and O–H groups in total. The van der Waals surface area contributed by atoms with E-state index in [2.05, 4.69) is 10.6 Å². The van der Waals surface area contributed by atoms with Crippen molar-refractivity contribution in [3.63, 3.8) is 0 Å². The minimum absolute atomic E-state index is 0.0738. The first-order valence-electron chi connectivity index (χ1n) is 11.5. The van der Waals surface area contributed by atoms with Gasteiger partial charge >= 0.3 is 0 Å². The number of carbonyl (C=O) groups is 2. The number of hydrogen-bond acceptors (Lipinski definition) is 6. The maximum Gasteiger partial charge on any atom is 0.251 e. The van der Waals surface area contributed by atoms with Crippen molar-refractivity contribution in [1.82, 2.24) is 10.6 Å². The monoisotopic (exact) mass is 452 g/mol. The van der Waals surface area contributed by atoms with Crippen molar-refractivity contribution < 1.29 is 28.5 Å². The van der Waals surface area contributed by atoms with E-state index < -0.39 is 0 Å². The molecule has 0 bridgehead atoms. The summed E-state index contributed by atoms with van der Waals surface area (Å²) in [5.41, 5.74) is 0.485. The van der Waals surface area contributed by atoms with Gasteiger partial charge in [-0.15, -0.1) is 0 Å². The Morgan fingerprint density at radius 3 is 2.24 bits per heavy atom. The van der Waals surface area contributed by atoms with Crippen molar-refractivity contribution >= 4 is 11.8 Å². The number of rotatable bonds is 8. The van der Waals surface area contributed by atoms with Crippen molar-refractivity contribution in [2.45, 2.75) is 44.1 Å². The molecule has 33 heavy (non-hydrogen) atoms. The topological polar surface area (TPSA) is 95.1 Å². The molecule has 174 valence electrons. The van der Waals surface area contributed by atoms with Gasteiger partial charge in [0, 0.05) is 11.5 Å². The average Bonchev–Trinajstić information content (AvgIpc) is 3.50. The summed E-state index contributed by atoms with van der Waals surface area (Å²) < 4.78 is 23.1. The molecule has 5 rings (SSSR count). The van der Waals surface area contributed by atoms with Crippen LogP contribution in [0, 0.1) is 5.92 Å². The van der Waals surface area contributed by atoms with Gasteiger partial charge in [-0.05, 0) is 62.2 Å². The lowest BCUT2D eigenvalue weighted by atomic mass is 10.1. The number of amides is 2. The van der Waals surface area contributed by atoms with Crippen molar-refractivity contribution in [2.75, 3.05) is 19.8 Å². The van der Waals surface area contributed by atoms with Gasteiger partial charge in [0.1, 0.15) is 29.5 Å². The Hall–Kier alpha value is -3.10. The smallest absolute Gasteiger partial charge is 0.251 e. The van der Waals surface area contributed by atoms with Gasteiger partial charge in [-0.1, -0.05) is 6.07 Å². The first-order valence-corrected chi connectivity index (χ1v) is 11.5. The highest BCUT2D eigenvalue weighted by Gasteiger charge is 2.49. The van der Waals surface area contributed by atoms with E-state index in [0.717, 1.165) is 18.6 Å². The second kappa shape index (κ2) is 9.41. The summed E-state index contributed by atoms with van der Waals surface area (Å²) in [6, 6.07) is 13.9. The molecule has 2 aromatic carbocycles. The molecule has 2 heterocycles. The minimum Gasteiger partial charge on any atom is -0.494 e. The molecular weight excluding hydrogens is 424 g/mol. The maximum atomic E-state index is 12.9. The fourth-order valence-corrected chi connectivity index (χ4v) is 4.25. The Balaban J connectivity index is 1.18. The van der Waals surface area contributed by atoms with Crippen LogP contribution in [-0.4, -0.2) is 55.9 Å². The molecule has 2 aliphatic heterocycles. The van der Waals surface area contributed by atoms with Crippen molar-refractivity contribution in [1.29, 1.82) is 0 Å². The molecule has 0 aromatic heterocycles. The van der Waals surface area contributed by atoms with Crippen LogP contribution in [0.25, 0.3) is 0 Å². The van der Waals surface area contributed by atoms with E-state index in [4.69, 9.17) is 18.9 Å². The number of carbonyl (C=O) groups excluding carboxylic acids is 2. The zero-order chi connectivity index (χ0) is 22.8. The first kappa shape index (κ1) is 21.7. The zero-order valence-electron chi connectivity index (χ0n) is 18.5. The van der Waals surface area contributed by atoms with Crippen molar-refractivity contribution in [3.05, 3.63) is 54.1 Å². The predicted molar refractivity (Wildman–Crippen MR) is 120 cm³/mol. The van der Waals surface area contributed by atoms with Crippen LogP contribution in [0.1, 0.15) is 30.1 Å². The molecule has 3 aliphatic rings. The number of benzene rings is 2. The van der Waals surface area contributed by atoms with Gasteiger partial charge < -0.3 is 29.6 Å². The molecule has 2 amide bonds. The Bertz CT molecular complexity index is 1010. The standard InChI is InChI=1S/C25H28N2O6/c1-2-30-17-8-10-18(11-9-17)33-19-5-3-4-16(12-19)25(29)27-21-14-32-22-20(13-31-23(21)22)26-24(28)15-6-7-15/h3-5,8-12,15,20-23H,2,6-7,13-14H2,1H3,(H,26,28)(H,27,29).